The number of hydrogen-bond acceptors (Lipinski definition) is 7. The number of methoxy groups -OCH3 is 3. The molecule has 0 saturated heterocycles. The second-order valence-corrected chi connectivity index (χ2v) is 11.1. The van der Waals surface area contributed by atoms with Gasteiger partial charge < -0.3 is 14.2 Å². The van der Waals surface area contributed by atoms with Gasteiger partial charge in [0, 0.05) is 21.3 Å². The fourth-order valence-electron chi connectivity index (χ4n) is 4.61. The van der Waals surface area contributed by atoms with E-state index in [0.717, 1.165) is 21.3 Å². The van der Waals surface area contributed by atoms with Crippen molar-refractivity contribution in [3.63, 3.8) is 0 Å². The molecule has 51 heavy (non-hydrogen) atoms. The van der Waals surface area contributed by atoms with Crippen LogP contribution in [0.25, 0.3) is 0 Å². The van der Waals surface area contributed by atoms with E-state index >= 15 is 0 Å². The Balaban J connectivity index is 2.17. The van der Waals surface area contributed by atoms with Crippen LogP contribution in [0.5, 0.6) is 0 Å². The molecule has 0 spiro atoms. The number of ether oxygens (including phenoxy) is 6. The fraction of sp³-hybridized carbons (Fsp3) is 0.419. The van der Waals surface area contributed by atoms with Crippen molar-refractivity contribution >= 4 is 0 Å². The van der Waals surface area contributed by atoms with Crippen LogP contribution in [0, 0.1) is 69.8 Å². The molecule has 0 bridgehead atoms. The van der Waals surface area contributed by atoms with Crippen LogP contribution in [0.15, 0.2) is 0 Å². The summed E-state index contributed by atoms with van der Waals surface area (Å²) in [6.07, 6.45) is -1.07. The third kappa shape index (κ3) is 9.33. The van der Waals surface area contributed by atoms with Crippen LogP contribution in [-0.2, 0) is 96.0 Å². The molecular formula is C31H27F12O7Zr. The van der Waals surface area contributed by atoms with Gasteiger partial charge in [0.05, 0.1) is 0 Å². The minimum atomic E-state index is -3.07. The molecule has 7 nitrogen and oxygen atoms in total. The maximum atomic E-state index is 15.0. The summed E-state index contributed by atoms with van der Waals surface area (Å²) in [7, 11) is 2.91. The molecule has 281 valence electrons. The summed E-state index contributed by atoms with van der Waals surface area (Å²) in [4.78, 5) is 0. The van der Waals surface area contributed by atoms with Crippen LogP contribution in [0.3, 0.4) is 0 Å². The molecule has 20 heteroatoms. The SMILES string of the molecule is COCc1c(F)c(F)c(COC(CCC[O][Zr])(OCc2c(F)c(F)c(COC)c(F)c2F)OCc2c(F)c(F)c(COC)c(F)c2F)c(F)c1F. The van der Waals surface area contributed by atoms with Gasteiger partial charge >= 0.3 is 263 Å². The topological polar surface area (TPSA) is 64.6 Å². The van der Waals surface area contributed by atoms with Gasteiger partial charge in [-0.1, -0.05) is 0 Å². The van der Waals surface area contributed by atoms with E-state index in [1.54, 1.807) is 0 Å². The zero-order valence-corrected chi connectivity index (χ0v) is 29.2. The van der Waals surface area contributed by atoms with Crippen LogP contribution >= 0.6 is 0 Å². The molecule has 0 N–H and O–H groups in total. The van der Waals surface area contributed by atoms with Crippen molar-refractivity contribution in [1.29, 1.82) is 0 Å². The molecule has 0 heterocycles. The molecule has 3 aromatic rings. The average Bonchev–Trinajstić information content (AvgIpc) is 3.11. The molecule has 0 saturated carbocycles. The summed E-state index contributed by atoms with van der Waals surface area (Å²) in [5.41, 5.74) is -7.86. The molecule has 0 fully saturated rings. The van der Waals surface area contributed by atoms with Crippen molar-refractivity contribution in [2.24, 2.45) is 0 Å². The van der Waals surface area contributed by atoms with Crippen molar-refractivity contribution in [3.05, 3.63) is 103 Å². The first-order valence-corrected chi connectivity index (χ1v) is 15.3. The third-order valence-electron chi connectivity index (χ3n) is 7.24. The summed E-state index contributed by atoms with van der Waals surface area (Å²) in [6.45, 7) is -7.62. The van der Waals surface area contributed by atoms with Gasteiger partial charge in [-0.25, -0.2) is 0 Å². The number of hydrogen-bond donors (Lipinski definition) is 0. The number of benzene rings is 3. The van der Waals surface area contributed by atoms with E-state index in [1.807, 2.05) is 0 Å². The van der Waals surface area contributed by atoms with Crippen molar-refractivity contribution < 1.29 is 109 Å². The first kappa shape index (κ1) is 42.8. The monoisotopic (exact) mass is 829 g/mol. The van der Waals surface area contributed by atoms with Crippen LogP contribution in [-0.4, -0.2) is 33.9 Å². The molecule has 3 aromatic carbocycles. The van der Waals surface area contributed by atoms with E-state index in [4.69, 9.17) is 17.0 Å². The summed E-state index contributed by atoms with van der Waals surface area (Å²) >= 11 is 0.493. The molecule has 0 unspecified atom stereocenters. The average molecular weight is 831 g/mol. The van der Waals surface area contributed by atoms with E-state index < -0.39 is 155 Å². The molecule has 0 radical (unpaired) electrons. The van der Waals surface area contributed by atoms with E-state index in [0.29, 0.717) is 25.2 Å². The quantitative estimate of drug-likeness (QED) is 0.0533. The summed E-state index contributed by atoms with van der Waals surface area (Å²) in [5, 5.41) is 0. The van der Waals surface area contributed by atoms with Crippen LogP contribution in [0.4, 0.5) is 52.7 Å². The first-order valence-electron chi connectivity index (χ1n) is 14.3. The number of rotatable bonds is 19. The Kier molecular flexibility index (Phi) is 15.9. The molecule has 0 aliphatic heterocycles. The maximum absolute atomic E-state index is 15.0. The minimum absolute atomic E-state index is 0.205. The predicted octanol–water partition coefficient (Wildman–Crippen LogP) is 7.66. The van der Waals surface area contributed by atoms with Crippen molar-refractivity contribution in [2.75, 3.05) is 27.9 Å². The van der Waals surface area contributed by atoms with Crippen molar-refractivity contribution in [2.45, 2.75) is 58.5 Å². The van der Waals surface area contributed by atoms with E-state index in [9.17, 15) is 52.7 Å². The first-order chi connectivity index (χ1) is 24.1. The van der Waals surface area contributed by atoms with Gasteiger partial charge in [0.2, 0.25) is 0 Å². The second-order valence-electron chi connectivity index (χ2n) is 10.4. The van der Waals surface area contributed by atoms with Crippen LogP contribution < -0.4 is 0 Å². The summed E-state index contributed by atoms with van der Waals surface area (Å²) in [5.74, 6) is -26.6. The normalized spacial score (nSPS) is 12.0. The van der Waals surface area contributed by atoms with Gasteiger partial charge in [-0.05, 0) is 0 Å². The van der Waals surface area contributed by atoms with Crippen LogP contribution in [0.1, 0.15) is 46.2 Å². The Hall–Kier alpha value is -2.58. The number of halogens is 12. The Bertz CT molecular complexity index is 1440. The third-order valence-corrected chi connectivity index (χ3v) is 7.74. The zero-order valence-electron chi connectivity index (χ0n) is 26.8. The predicted molar refractivity (Wildman–Crippen MR) is 143 cm³/mol. The fourth-order valence-corrected chi connectivity index (χ4v) is 4.96. The Morgan fingerprint density at radius 3 is 0.804 bits per heavy atom. The van der Waals surface area contributed by atoms with Gasteiger partial charge in [0.1, 0.15) is 0 Å². The standard InChI is InChI=1S/C31H27F12O7.Zr/c1-45-7-13-19(32)25(38)16(26(39)20(13)33)10-48-31(5-4-6-44,49-11-17-27(40)21(34)14(8-46-2)22(35)28(17)41)50-12-18-29(42)23(36)15(9-47-3)24(37)30(18)43;/h4-12H2,1-3H3;/q-1;+1. The molecule has 0 atom stereocenters. The van der Waals surface area contributed by atoms with Gasteiger partial charge in [-0.2, -0.15) is 0 Å². The molecule has 0 aromatic heterocycles. The van der Waals surface area contributed by atoms with Gasteiger partial charge in [0.25, 0.3) is 0 Å². The molecule has 3 rings (SSSR count). The summed E-state index contributed by atoms with van der Waals surface area (Å²) < 4.78 is 213. The Morgan fingerprint density at radius 2 is 0.608 bits per heavy atom. The Morgan fingerprint density at radius 1 is 0.392 bits per heavy atom. The molecular weight excluding hydrogens is 804 g/mol. The second kappa shape index (κ2) is 19.0. The molecule has 0 aliphatic rings. The summed E-state index contributed by atoms with van der Waals surface area (Å²) in [6, 6.07) is 0. The van der Waals surface area contributed by atoms with Gasteiger partial charge in [-0.3, -0.25) is 0 Å². The molecule has 0 amide bonds. The zero-order chi connectivity index (χ0) is 38.2. The Labute approximate surface area is 298 Å². The molecule has 0 aliphatic carbocycles. The van der Waals surface area contributed by atoms with Crippen molar-refractivity contribution in [3.8, 4) is 0 Å². The van der Waals surface area contributed by atoms with Crippen molar-refractivity contribution in [1.82, 2.24) is 0 Å². The van der Waals surface area contributed by atoms with Gasteiger partial charge in [-0.15, -0.1) is 0 Å². The van der Waals surface area contributed by atoms with Crippen LogP contribution in [0.2, 0.25) is 0 Å². The van der Waals surface area contributed by atoms with E-state index in [-0.39, 0.29) is 13.0 Å². The van der Waals surface area contributed by atoms with E-state index in [2.05, 4.69) is 14.2 Å². The van der Waals surface area contributed by atoms with Gasteiger partial charge in [0.15, 0.2) is 0 Å². The van der Waals surface area contributed by atoms with E-state index in [1.165, 1.54) is 0 Å².